The van der Waals surface area contributed by atoms with Crippen LogP contribution in [0, 0.1) is 5.92 Å². The molecule has 0 spiro atoms. The van der Waals surface area contributed by atoms with Crippen LogP contribution in [0.25, 0.3) is 0 Å². The van der Waals surface area contributed by atoms with Crippen molar-refractivity contribution in [1.82, 2.24) is 0 Å². The van der Waals surface area contributed by atoms with Gasteiger partial charge in [-0.3, -0.25) is 9.59 Å². The van der Waals surface area contributed by atoms with Crippen LogP contribution in [-0.2, 0) is 19.6 Å². The predicted octanol–water partition coefficient (Wildman–Crippen LogP) is 2.37. The molecular formula is C21H24N2O7S. The normalized spacial score (nSPS) is 11.1. The first-order valence-electron chi connectivity index (χ1n) is 9.32. The van der Waals surface area contributed by atoms with E-state index in [-0.39, 0.29) is 33.6 Å². The fourth-order valence-corrected chi connectivity index (χ4v) is 3.37. The molecule has 0 aromatic heterocycles. The van der Waals surface area contributed by atoms with Crippen molar-refractivity contribution in [1.29, 1.82) is 0 Å². The standard InChI is InChI=1S/C21H24N2O7S/c1-13(2)10-20(25)23-16-7-4-14(5-8-16)17(24)12-30-21(26)15-6-9-18(29-3)19(11-15)31(22,27)28/h4-9,11,13H,10,12H2,1-3H3,(H,23,25)(H2,22,27,28). The Bertz CT molecular complexity index is 1080. The van der Waals surface area contributed by atoms with Gasteiger partial charge in [-0.2, -0.15) is 0 Å². The summed E-state index contributed by atoms with van der Waals surface area (Å²) in [6, 6.07) is 9.76. The fourth-order valence-electron chi connectivity index (χ4n) is 2.65. The molecule has 0 fully saturated rings. The van der Waals surface area contributed by atoms with E-state index in [4.69, 9.17) is 14.6 Å². The molecule has 0 saturated heterocycles. The molecule has 9 nitrogen and oxygen atoms in total. The third-order valence-corrected chi connectivity index (χ3v) is 5.06. The molecule has 2 aromatic carbocycles. The number of methoxy groups -OCH3 is 1. The van der Waals surface area contributed by atoms with Crippen LogP contribution in [0.2, 0.25) is 0 Å². The summed E-state index contributed by atoms with van der Waals surface area (Å²) in [7, 11) is -2.86. The second-order valence-corrected chi connectivity index (χ2v) is 8.66. The molecule has 0 atom stereocenters. The number of carbonyl (C=O) groups excluding carboxylic acids is 3. The summed E-state index contributed by atoms with van der Waals surface area (Å²) in [6.07, 6.45) is 0.384. The number of Topliss-reactive ketones (excluding diaryl/α,β-unsaturated/α-hetero) is 1. The van der Waals surface area contributed by atoms with E-state index in [1.165, 1.54) is 31.4 Å². The highest BCUT2D eigenvalue weighted by molar-refractivity contribution is 7.89. The minimum atomic E-state index is -4.13. The van der Waals surface area contributed by atoms with Gasteiger partial charge in [-0.25, -0.2) is 18.4 Å². The number of esters is 1. The summed E-state index contributed by atoms with van der Waals surface area (Å²) in [6.45, 7) is 3.32. The minimum Gasteiger partial charge on any atom is -0.495 e. The van der Waals surface area contributed by atoms with Gasteiger partial charge in [0, 0.05) is 17.7 Å². The van der Waals surface area contributed by atoms with Crippen LogP contribution >= 0.6 is 0 Å². The molecule has 0 unspecified atom stereocenters. The van der Waals surface area contributed by atoms with Gasteiger partial charge in [0.15, 0.2) is 12.4 Å². The minimum absolute atomic E-state index is 0.0179. The Kier molecular flexibility index (Phi) is 7.89. The van der Waals surface area contributed by atoms with Gasteiger partial charge in [0.1, 0.15) is 10.6 Å². The number of anilines is 1. The summed E-state index contributed by atoms with van der Waals surface area (Å²) >= 11 is 0. The Balaban J connectivity index is 2.01. The van der Waals surface area contributed by atoms with Crippen LogP contribution in [0.5, 0.6) is 5.75 Å². The number of primary sulfonamides is 1. The summed E-state index contributed by atoms with van der Waals surface area (Å²) in [4.78, 5) is 35.9. The lowest BCUT2D eigenvalue weighted by atomic mass is 10.1. The molecule has 1 amide bonds. The first-order chi connectivity index (χ1) is 14.5. The molecular weight excluding hydrogens is 424 g/mol. The predicted molar refractivity (Wildman–Crippen MR) is 114 cm³/mol. The fraction of sp³-hybridized carbons (Fsp3) is 0.286. The van der Waals surface area contributed by atoms with Gasteiger partial charge in [-0.1, -0.05) is 13.8 Å². The third-order valence-electron chi connectivity index (χ3n) is 4.12. The molecule has 166 valence electrons. The smallest absolute Gasteiger partial charge is 0.338 e. The number of carbonyl (C=O) groups is 3. The van der Waals surface area contributed by atoms with E-state index in [9.17, 15) is 22.8 Å². The van der Waals surface area contributed by atoms with E-state index in [1.54, 1.807) is 12.1 Å². The second kappa shape index (κ2) is 10.2. The quantitative estimate of drug-likeness (QED) is 0.443. The Labute approximate surface area is 180 Å². The first-order valence-corrected chi connectivity index (χ1v) is 10.9. The average molecular weight is 448 g/mol. The zero-order chi connectivity index (χ0) is 23.2. The Morgan fingerprint density at radius 2 is 1.65 bits per heavy atom. The SMILES string of the molecule is COc1ccc(C(=O)OCC(=O)c2ccc(NC(=O)CC(C)C)cc2)cc1S(N)(=O)=O. The van der Waals surface area contributed by atoms with Crippen molar-refractivity contribution in [3.63, 3.8) is 0 Å². The molecule has 0 bridgehead atoms. The highest BCUT2D eigenvalue weighted by Crippen LogP contribution is 2.24. The number of rotatable bonds is 9. The van der Waals surface area contributed by atoms with E-state index in [2.05, 4.69) is 5.32 Å². The van der Waals surface area contributed by atoms with Crippen LogP contribution in [0.3, 0.4) is 0 Å². The molecule has 31 heavy (non-hydrogen) atoms. The molecule has 3 N–H and O–H groups in total. The lowest BCUT2D eigenvalue weighted by Crippen LogP contribution is -2.17. The van der Waals surface area contributed by atoms with Crippen molar-refractivity contribution in [2.75, 3.05) is 19.0 Å². The van der Waals surface area contributed by atoms with Crippen LogP contribution in [0.15, 0.2) is 47.4 Å². The number of amides is 1. The van der Waals surface area contributed by atoms with Crippen molar-refractivity contribution < 1.29 is 32.3 Å². The lowest BCUT2D eigenvalue weighted by molar-refractivity contribution is -0.116. The molecule has 2 rings (SSSR count). The van der Waals surface area contributed by atoms with Crippen molar-refractivity contribution in [3.8, 4) is 5.75 Å². The van der Waals surface area contributed by atoms with Crippen molar-refractivity contribution in [3.05, 3.63) is 53.6 Å². The molecule has 0 aliphatic heterocycles. The first kappa shape index (κ1) is 24.0. The van der Waals surface area contributed by atoms with E-state index >= 15 is 0 Å². The number of ether oxygens (including phenoxy) is 2. The zero-order valence-corrected chi connectivity index (χ0v) is 18.2. The molecule has 0 aliphatic rings. The summed E-state index contributed by atoms with van der Waals surface area (Å²) in [5.41, 5.74) is 0.739. The van der Waals surface area contributed by atoms with Gasteiger partial charge >= 0.3 is 5.97 Å². The van der Waals surface area contributed by atoms with Crippen molar-refractivity contribution in [2.45, 2.75) is 25.2 Å². The highest BCUT2D eigenvalue weighted by atomic mass is 32.2. The average Bonchev–Trinajstić information content (AvgIpc) is 2.70. The van der Waals surface area contributed by atoms with Crippen LogP contribution in [0.1, 0.15) is 41.0 Å². The molecule has 0 heterocycles. The topological polar surface area (TPSA) is 142 Å². The van der Waals surface area contributed by atoms with E-state index < -0.39 is 28.4 Å². The van der Waals surface area contributed by atoms with E-state index in [0.29, 0.717) is 12.1 Å². The number of sulfonamides is 1. The molecule has 0 radical (unpaired) electrons. The van der Waals surface area contributed by atoms with E-state index in [1.807, 2.05) is 13.8 Å². The molecule has 2 aromatic rings. The largest absolute Gasteiger partial charge is 0.495 e. The number of nitrogens with two attached hydrogens (primary N) is 1. The van der Waals surface area contributed by atoms with Crippen molar-refractivity contribution in [2.24, 2.45) is 11.1 Å². The number of hydrogen-bond donors (Lipinski definition) is 2. The number of ketones is 1. The summed E-state index contributed by atoms with van der Waals surface area (Å²) < 4.78 is 33.2. The van der Waals surface area contributed by atoms with Crippen LogP contribution < -0.4 is 15.2 Å². The summed E-state index contributed by atoms with van der Waals surface area (Å²) in [5.74, 6) is -1.27. The zero-order valence-electron chi connectivity index (χ0n) is 17.4. The van der Waals surface area contributed by atoms with E-state index in [0.717, 1.165) is 6.07 Å². The third kappa shape index (κ3) is 6.90. The van der Waals surface area contributed by atoms with Crippen LogP contribution in [-0.4, -0.2) is 39.8 Å². The number of nitrogens with one attached hydrogen (secondary N) is 1. The van der Waals surface area contributed by atoms with Gasteiger partial charge in [0.2, 0.25) is 15.9 Å². The number of hydrogen-bond acceptors (Lipinski definition) is 7. The molecule has 0 saturated carbocycles. The summed E-state index contributed by atoms with van der Waals surface area (Å²) in [5, 5.41) is 7.86. The lowest BCUT2D eigenvalue weighted by Gasteiger charge is -2.10. The van der Waals surface area contributed by atoms with Gasteiger partial charge < -0.3 is 14.8 Å². The van der Waals surface area contributed by atoms with Crippen LogP contribution in [0.4, 0.5) is 5.69 Å². The second-order valence-electron chi connectivity index (χ2n) is 7.13. The van der Waals surface area contributed by atoms with Gasteiger partial charge in [0.05, 0.1) is 12.7 Å². The maximum absolute atomic E-state index is 12.3. The maximum Gasteiger partial charge on any atom is 0.338 e. The Hall–Kier alpha value is -3.24. The number of benzene rings is 2. The molecule has 10 heteroatoms. The van der Waals surface area contributed by atoms with Crippen molar-refractivity contribution >= 4 is 33.4 Å². The monoisotopic (exact) mass is 448 g/mol. The Morgan fingerprint density at radius 3 is 2.19 bits per heavy atom. The van der Waals surface area contributed by atoms with Gasteiger partial charge in [-0.15, -0.1) is 0 Å². The highest BCUT2D eigenvalue weighted by Gasteiger charge is 2.19. The maximum atomic E-state index is 12.3. The molecule has 0 aliphatic carbocycles. The van der Waals surface area contributed by atoms with Gasteiger partial charge in [0.25, 0.3) is 0 Å². The van der Waals surface area contributed by atoms with Gasteiger partial charge in [-0.05, 0) is 48.4 Å². The Morgan fingerprint density at radius 1 is 1.03 bits per heavy atom.